The summed E-state index contributed by atoms with van der Waals surface area (Å²) in [4.78, 5) is 14.4. The Kier molecular flexibility index (Phi) is 4.23. The van der Waals surface area contributed by atoms with Crippen molar-refractivity contribution in [3.05, 3.63) is 24.0 Å². The van der Waals surface area contributed by atoms with E-state index in [1.807, 2.05) is 6.07 Å². The molecule has 0 aliphatic rings. The van der Waals surface area contributed by atoms with Gasteiger partial charge in [-0.1, -0.05) is 26.7 Å². The minimum Gasteiger partial charge on any atom is -0.357 e. The molecule has 14 heavy (non-hydrogen) atoms. The maximum absolute atomic E-state index is 11.5. The smallest absolute Gasteiger partial charge is 0.267 e. The van der Waals surface area contributed by atoms with Crippen LogP contribution in [-0.2, 0) is 0 Å². The van der Waals surface area contributed by atoms with Gasteiger partial charge in [0.25, 0.3) is 5.91 Å². The Morgan fingerprint density at radius 1 is 1.50 bits per heavy atom. The zero-order chi connectivity index (χ0) is 10.4. The first-order chi connectivity index (χ1) is 6.77. The number of rotatable bonds is 5. The second kappa shape index (κ2) is 5.47. The number of aromatic nitrogens is 1. The summed E-state index contributed by atoms with van der Waals surface area (Å²) in [5, 5.41) is 2.92. The zero-order valence-corrected chi connectivity index (χ0v) is 8.84. The fraction of sp³-hybridized carbons (Fsp3) is 0.545. The van der Waals surface area contributed by atoms with E-state index in [1.165, 1.54) is 0 Å². The molecule has 0 aliphatic carbocycles. The van der Waals surface area contributed by atoms with E-state index in [9.17, 15) is 4.79 Å². The molecule has 0 saturated carbocycles. The highest BCUT2D eigenvalue weighted by molar-refractivity contribution is 5.92. The lowest BCUT2D eigenvalue weighted by Crippen LogP contribution is -2.29. The van der Waals surface area contributed by atoms with Gasteiger partial charge in [0.2, 0.25) is 0 Å². The molecule has 0 unspecified atom stereocenters. The van der Waals surface area contributed by atoms with Crippen molar-refractivity contribution in [3.8, 4) is 0 Å². The summed E-state index contributed by atoms with van der Waals surface area (Å²) in [5.74, 6) is 0.579. The maximum Gasteiger partial charge on any atom is 0.267 e. The lowest BCUT2D eigenvalue weighted by molar-refractivity contribution is 0.0942. The van der Waals surface area contributed by atoms with Crippen LogP contribution in [0.15, 0.2) is 18.3 Å². The summed E-state index contributed by atoms with van der Waals surface area (Å²) in [6, 6.07) is 3.61. The molecule has 0 spiro atoms. The topological polar surface area (TPSA) is 44.9 Å². The Labute approximate surface area is 84.9 Å². The predicted molar refractivity (Wildman–Crippen MR) is 57.2 cm³/mol. The molecule has 3 nitrogen and oxygen atoms in total. The summed E-state index contributed by atoms with van der Waals surface area (Å²) in [5.41, 5.74) is 0.635. The minimum absolute atomic E-state index is 0.0121. The van der Waals surface area contributed by atoms with E-state index < -0.39 is 0 Å². The number of aromatic amines is 1. The summed E-state index contributed by atoms with van der Waals surface area (Å²) < 4.78 is 0. The van der Waals surface area contributed by atoms with Gasteiger partial charge in [-0.2, -0.15) is 0 Å². The highest BCUT2D eigenvalue weighted by Gasteiger charge is 2.08. The summed E-state index contributed by atoms with van der Waals surface area (Å²) in [6.07, 6.45) is 3.98. The molecule has 2 N–H and O–H groups in total. The van der Waals surface area contributed by atoms with Gasteiger partial charge in [0.05, 0.1) is 0 Å². The van der Waals surface area contributed by atoms with Crippen molar-refractivity contribution in [1.29, 1.82) is 0 Å². The molecule has 1 aromatic heterocycles. The Hall–Kier alpha value is -1.25. The Balaban J connectivity index is 2.35. The van der Waals surface area contributed by atoms with E-state index in [0.29, 0.717) is 11.6 Å². The van der Waals surface area contributed by atoms with Crippen molar-refractivity contribution in [2.45, 2.75) is 26.7 Å². The number of nitrogens with one attached hydrogen (secondary N) is 2. The fourth-order valence-electron chi connectivity index (χ4n) is 1.38. The molecule has 0 saturated heterocycles. The molecule has 0 fully saturated rings. The number of amides is 1. The first kappa shape index (κ1) is 10.8. The van der Waals surface area contributed by atoms with Crippen LogP contribution in [0.4, 0.5) is 0 Å². The van der Waals surface area contributed by atoms with Gasteiger partial charge in [0.1, 0.15) is 5.69 Å². The SMILES string of the molecule is CCC(CC)CNC(=O)c1ccc[nH]1. The third-order valence-electron chi connectivity index (χ3n) is 2.55. The molecule has 1 heterocycles. The van der Waals surface area contributed by atoms with E-state index in [0.717, 1.165) is 19.4 Å². The average Bonchev–Trinajstić information content (AvgIpc) is 2.72. The van der Waals surface area contributed by atoms with Crippen LogP contribution in [-0.4, -0.2) is 17.4 Å². The third-order valence-corrected chi connectivity index (χ3v) is 2.55. The quantitative estimate of drug-likeness (QED) is 0.741. The molecule has 0 atom stereocenters. The Bertz CT molecular complexity index is 263. The molecule has 0 radical (unpaired) electrons. The second-order valence-electron chi connectivity index (χ2n) is 3.48. The average molecular weight is 194 g/mol. The largest absolute Gasteiger partial charge is 0.357 e. The van der Waals surface area contributed by atoms with Gasteiger partial charge in [-0.3, -0.25) is 4.79 Å². The van der Waals surface area contributed by atoms with Crippen LogP contribution in [0, 0.1) is 5.92 Å². The number of hydrogen-bond donors (Lipinski definition) is 2. The Morgan fingerprint density at radius 2 is 2.21 bits per heavy atom. The van der Waals surface area contributed by atoms with Crippen molar-refractivity contribution in [2.24, 2.45) is 5.92 Å². The summed E-state index contributed by atoms with van der Waals surface area (Å²) >= 11 is 0. The van der Waals surface area contributed by atoms with Crippen LogP contribution in [0.5, 0.6) is 0 Å². The zero-order valence-electron chi connectivity index (χ0n) is 8.84. The molecule has 3 heteroatoms. The molecule has 1 amide bonds. The monoisotopic (exact) mass is 194 g/mol. The van der Waals surface area contributed by atoms with Crippen molar-refractivity contribution >= 4 is 5.91 Å². The second-order valence-corrected chi connectivity index (χ2v) is 3.48. The van der Waals surface area contributed by atoms with Crippen molar-refractivity contribution in [3.63, 3.8) is 0 Å². The fourth-order valence-corrected chi connectivity index (χ4v) is 1.38. The predicted octanol–water partition coefficient (Wildman–Crippen LogP) is 2.18. The van der Waals surface area contributed by atoms with Gasteiger partial charge in [-0.15, -0.1) is 0 Å². The first-order valence-electron chi connectivity index (χ1n) is 5.19. The number of H-pyrrole nitrogens is 1. The highest BCUT2D eigenvalue weighted by atomic mass is 16.1. The molecule has 0 bridgehead atoms. The maximum atomic E-state index is 11.5. The van der Waals surface area contributed by atoms with Gasteiger partial charge in [0, 0.05) is 12.7 Å². The van der Waals surface area contributed by atoms with Crippen LogP contribution in [0.25, 0.3) is 0 Å². The molecular weight excluding hydrogens is 176 g/mol. The lowest BCUT2D eigenvalue weighted by Gasteiger charge is -2.12. The Morgan fingerprint density at radius 3 is 2.71 bits per heavy atom. The number of carbonyl (C=O) groups is 1. The van der Waals surface area contributed by atoms with E-state index >= 15 is 0 Å². The molecule has 0 aromatic carbocycles. The van der Waals surface area contributed by atoms with Crippen molar-refractivity contribution in [2.75, 3.05) is 6.54 Å². The molecule has 0 aliphatic heterocycles. The van der Waals surface area contributed by atoms with Gasteiger partial charge >= 0.3 is 0 Å². The minimum atomic E-state index is -0.0121. The molecule has 1 rings (SSSR count). The van der Waals surface area contributed by atoms with Crippen molar-refractivity contribution in [1.82, 2.24) is 10.3 Å². The third kappa shape index (κ3) is 2.91. The van der Waals surface area contributed by atoms with E-state index in [1.54, 1.807) is 12.3 Å². The van der Waals surface area contributed by atoms with Crippen LogP contribution in [0.3, 0.4) is 0 Å². The molecule has 1 aromatic rings. The first-order valence-corrected chi connectivity index (χ1v) is 5.19. The molecular formula is C11H18N2O. The standard InChI is InChI=1S/C11H18N2O/c1-3-9(4-2)8-13-11(14)10-6-5-7-12-10/h5-7,9,12H,3-4,8H2,1-2H3,(H,13,14). The van der Waals surface area contributed by atoms with Gasteiger partial charge < -0.3 is 10.3 Å². The summed E-state index contributed by atoms with van der Waals surface area (Å²) in [6.45, 7) is 5.06. The van der Waals surface area contributed by atoms with Crippen LogP contribution < -0.4 is 5.32 Å². The van der Waals surface area contributed by atoms with E-state index in [2.05, 4.69) is 24.1 Å². The normalized spacial score (nSPS) is 10.5. The van der Waals surface area contributed by atoms with Crippen LogP contribution in [0.2, 0.25) is 0 Å². The lowest BCUT2D eigenvalue weighted by atomic mass is 10.0. The van der Waals surface area contributed by atoms with Gasteiger partial charge in [0.15, 0.2) is 0 Å². The van der Waals surface area contributed by atoms with Crippen LogP contribution >= 0.6 is 0 Å². The van der Waals surface area contributed by atoms with E-state index in [-0.39, 0.29) is 5.91 Å². The van der Waals surface area contributed by atoms with Gasteiger partial charge in [-0.05, 0) is 18.1 Å². The van der Waals surface area contributed by atoms with E-state index in [4.69, 9.17) is 0 Å². The van der Waals surface area contributed by atoms with Crippen molar-refractivity contribution < 1.29 is 4.79 Å². The number of hydrogen-bond acceptors (Lipinski definition) is 1. The summed E-state index contributed by atoms with van der Waals surface area (Å²) in [7, 11) is 0. The van der Waals surface area contributed by atoms with Gasteiger partial charge in [-0.25, -0.2) is 0 Å². The highest BCUT2D eigenvalue weighted by Crippen LogP contribution is 2.05. The number of carbonyl (C=O) groups excluding carboxylic acids is 1. The molecule has 78 valence electrons. The van der Waals surface area contributed by atoms with Crippen LogP contribution in [0.1, 0.15) is 37.2 Å².